The molecule has 1 amide bonds. The Morgan fingerprint density at radius 1 is 0.462 bits per heavy atom. The van der Waals surface area contributed by atoms with Crippen molar-refractivity contribution in [1.29, 1.82) is 0 Å². The fourth-order valence-corrected chi connectivity index (χ4v) is 11.3. The molecule has 0 spiro atoms. The molecule has 35 heteroatoms. The third kappa shape index (κ3) is 18.7. The van der Waals surface area contributed by atoms with Crippen LogP contribution in [0.25, 0.3) is 45.6 Å². The number of ether oxygens (including phenoxy) is 5. The fraction of sp³-hybridized carbons (Fsp3) is 0.183. The number of amides is 1. The van der Waals surface area contributed by atoms with Gasteiger partial charge in [-0.1, -0.05) is 72.9 Å². The minimum absolute atomic E-state index is 0. The Bertz CT molecular complexity index is 5110. The van der Waals surface area contributed by atoms with E-state index in [1.807, 2.05) is 0 Å². The molecule has 0 unspecified atom stereocenters. The van der Waals surface area contributed by atoms with Gasteiger partial charge < -0.3 is 55.5 Å². The molecule has 4 aliphatic heterocycles. The first kappa shape index (κ1) is 81.5. The summed E-state index contributed by atoms with van der Waals surface area (Å²) in [6.45, 7) is 3.75. The molecule has 4 aromatic carbocycles. The molecule has 11 heterocycles. The Labute approximate surface area is 649 Å². The van der Waals surface area contributed by atoms with Crippen molar-refractivity contribution in [3.05, 3.63) is 216 Å². The van der Waals surface area contributed by atoms with Crippen LogP contribution in [-0.2, 0) is 30.4 Å². The monoisotopic (exact) mass is 1560 g/mol. The van der Waals surface area contributed by atoms with Gasteiger partial charge in [-0.15, -0.1) is 0 Å². The van der Waals surface area contributed by atoms with Crippen molar-refractivity contribution in [2.45, 2.75) is 47.5 Å². The average molecular weight is 1560 g/mol. The minimum Gasteiger partial charge on any atom is -0.870 e. The van der Waals surface area contributed by atoms with Gasteiger partial charge in [-0.05, 0) is 97.9 Å². The quantitative estimate of drug-likeness (QED) is 0.0292. The van der Waals surface area contributed by atoms with E-state index in [0.29, 0.717) is 147 Å². The van der Waals surface area contributed by atoms with Gasteiger partial charge in [-0.2, -0.15) is 0 Å². The molecule has 0 radical (unpaired) electrons. The maximum atomic E-state index is 14.4. The van der Waals surface area contributed by atoms with Gasteiger partial charge in [0.2, 0.25) is 0 Å². The number of rotatable bonds is 14. The molecule has 15 rings (SSSR count). The summed E-state index contributed by atoms with van der Waals surface area (Å²) in [6.07, 6.45) is 10.9. The Morgan fingerprint density at radius 2 is 0.774 bits per heavy atom. The predicted molar refractivity (Wildman–Crippen MR) is 386 cm³/mol. The summed E-state index contributed by atoms with van der Waals surface area (Å²) < 4.78 is 83.9. The molecule has 542 valence electrons. The smallest absolute Gasteiger partial charge is 0.870 e. The fourth-order valence-electron chi connectivity index (χ4n) is 10.4. The maximum absolute atomic E-state index is 14.4. The zero-order valence-corrected chi connectivity index (χ0v) is 60.2. The molecule has 7 aromatic heterocycles. The van der Waals surface area contributed by atoms with Crippen molar-refractivity contribution in [3.63, 3.8) is 0 Å². The molecule has 0 saturated carbocycles. The largest absolute Gasteiger partial charge is 1.00 e. The van der Waals surface area contributed by atoms with Gasteiger partial charge in [-0.25, -0.2) is 67.0 Å². The molecule has 4 aliphatic rings. The number of carboxylic acid groups (broad SMARTS) is 1. The number of pyridine rings is 3. The number of benzene rings is 4. The molecule has 6 N–H and O–H groups in total. The number of fused-ring (bicyclic) bond motifs is 4. The predicted octanol–water partition coefficient (Wildman–Crippen LogP) is 12.9. The number of hydrogen-bond donors (Lipinski definition) is 5. The second kappa shape index (κ2) is 36.7. The number of carbonyl (C=O) groups is 3. The van der Waals surface area contributed by atoms with Gasteiger partial charge in [0.1, 0.15) is 34.4 Å². The van der Waals surface area contributed by atoms with Crippen LogP contribution in [0.15, 0.2) is 128 Å². The molecule has 25 nitrogen and oxygen atoms in total. The second-order valence-electron chi connectivity index (χ2n) is 21.8. The third-order valence-corrected chi connectivity index (χ3v) is 16.3. The molecule has 0 atom stereocenters. The van der Waals surface area contributed by atoms with Crippen molar-refractivity contribution in [2.24, 2.45) is 0 Å². The van der Waals surface area contributed by atoms with Crippen molar-refractivity contribution < 1.29 is 95.8 Å². The maximum Gasteiger partial charge on any atom is 1.00 e. The number of aromatic nitrogens is 11. The molecular weight excluding hydrogens is 1500 g/mol. The molecule has 0 aliphatic carbocycles. The zero-order valence-electron chi connectivity index (χ0n) is 54.5. The molecule has 0 saturated heterocycles. The molecule has 0 fully saturated rings. The van der Waals surface area contributed by atoms with E-state index in [-0.39, 0.29) is 136 Å². The van der Waals surface area contributed by atoms with Gasteiger partial charge >= 0.3 is 41.5 Å². The van der Waals surface area contributed by atoms with E-state index < -0.39 is 35.2 Å². The first-order chi connectivity index (χ1) is 49.3. The molecule has 0 bridgehead atoms. The van der Waals surface area contributed by atoms with Gasteiger partial charge in [0.15, 0.2) is 68.9 Å². The van der Waals surface area contributed by atoms with Crippen molar-refractivity contribution in [2.75, 3.05) is 56.0 Å². The number of nitrogens with zero attached hydrogens (tertiary/aromatic N) is 11. The van der Waals surface area contributed by atoms with Crippen LogP contribution in [0.5, 0.6) is 23.0 Å². The average Bonchev–Trinajstić information content (AvgIpc) is 1.48. The summed E-state index contributed by atoms with van der Waals surface area (Å²) in [7, 11) is 1.53. The standard InChI is InChI=1S/C20H16ClFN4O3.C19H15ClFN5O2.C18H12ClFN4O3.C12H7Cl2FN2O.2CH4.Na.H2O/c1-2-28-20(27)13-10-23-7-5-15(13)24-19-17-16(6-8-29-17)25-18(26-19)12-9-11(21)3-4-14(12)22;1-22-19(27)12-9-23-6-4-14(12)24-18-16-15(5-7-28-16)25-17(26-18)11-8-10(20)2-3-13(11)21;19-9-1-2-12(20)10(7-9)16-23-14-4-6-27-15(14)17(24-16)22-13-3-5-21-8-11(13)18(25)26;13-6-1-2-8(15)7(5-6)12-16-9-3-4-18-10(9)11(14)17-12;;;;/h3-5,7,9-10H,2,6,8H2,1H3,(H,23,24,25,26);2-4,6,8-9H,5,7H2,1H3,(H,22,27)(H,23,24,25,26);1-3,5,7-8H,4,6H2,(H,25,26)(H,21,22,23,24);1-2,5H,3-4H2;2*1H4;;1H2/q;;;;;;+1;/p-1. The minimum atomic E-state index is -1.14. The van der Waals surface area contributed by atoms with Gasteiger partial charge in [0.25, 0.3) is 5.91 Å². The molecular formula is C71H59Cl5F4N15NaO10. The van der Waals surface area contributed by atoms with Crippen molar-refractivity contribution in [3.8, 4) is 68.5 Å². The van der Waals surface area contributed by atoms with Crippen LogP contribution < -0.4 is 69.8 Å². The summed E-state index contributed by atoms with van der Waals surface area (Å²) in [5.74, 6) is -0.424. The van der Waals surface area contributed by atoms with Crippen LogP contribution in [0.1, 0.15) is 75.6 Å². The summed E-state index contributed by atoms with van der Waals surface area (Å²) >= 11 is 29.8. The molecule has 11 aromatic rings. The third-order valence-electron chi connectivity index (χ3n) is 15.1. The summed E-state index contributed by atoms with van der Waals surface area (Å²) in [5, 5.41) is 22.7. The van der Waals surface area contributed by atoms with Crippen LogP contribution >= 0.6 is 58.0 Å². The van der Waals surface area contributed by atoms with Crippen LogP contribution in [0.4, 0.5) is 52.1 Å². The normalized spacial score (nSPS) is 12.0. The Kier molecular flexibility index (Phi) is 28.2. The number of esters is 1. The van der Waals surface area contributed by atoms with Crippen LogP contribution in [0.2, 0.25) is 25.2 Å². The van der Waals surface area contributed by atoms with Crippen LogP contribution in [0.3, 0.4) is 0 Å². The van der Waals surface area contributed by atoms with Gasteiger partial charge in [-0.3, -0.25) is 19.7 Å². The van der Waals surface area contributed by atoms with E-state index in [0.717, 1.165) is 0 Å². The SMILES string of the molecule is C.C.CCOC(=O)c1cnccc1Nc1nc(-c2cc(Cl)ccc2F)nc2c1OCC2.CNC(=O)c1cnccc1Nc1nc(-c2cc(Cl)ccc2F)nc2c1OCC2.Fc1ccc(Cl)cc1-c1nc(Cl)c2c(n1)CCO2.O=C(O)c1cnccc1Nc1nc(-c2cc(Cl)ccc2F)nc2c1OCC2.[Na+].[OH-]. The topological polar surface area (TPSA) is 337 Å². The Morgan fingerprint density at radius 3 is 1.12 bits per heavy atom. The van der Waals surface area contributed by atoms with E-state index in [1.165, 1.54) is 117 Å². The number of carboxylic acids is 1. The summed E-state index contributed by atoms with van der Waals surface area (Å²) in [5.41, 5.74) is 5.11. The van der Waals surface area contributed by atoms with E-state index in [9.17, 15) is 37.1 Å². The van der Waals surface area contributed by atoms with E-state index in [1.54, 1.807) is 25.3 Å². The van der Waals surface area contributed by atoms with Crippen LogP contribution in [-0.4, -0.2) is 123 Å². The number of hydrogen-bond acceptors (Lipinski definition) is 23. The summed E-state index contributed by atoms with van der Waals surface area (Å²) in [6, 6.07) is 21.5. The zero-order chi connectivity index (χ0) is 71.7. The van der Waals surface area contributed by atoms with E-state index in [2.05, 4.69) is 76.1 Å². The Hall–Kier alpha value is -10.2. The Balaban J connectivity index is 0.000000178. The van der Waals surface area contributed by atoms with Crippen molar-refractivity contribution >= 4 is 110 Å². The van der Waals surface area contributed by atoms with Crippen LogP contribution in [0, 0.1) is 23.3 Å². The first-order valence-corrected chi connectivity index (χ1v) is 32.6. The first-order valence-electron chi connectivity index (χ1n) is 30.7. The number of anilines is 6. The number of aromatic carboxylic acids is 1. The van der Waals surface area contributed by atoms with Crippen molar-refractivity contribution in [1.82, 2.24) is 60.1 Å². The second-order valence-corrected chi connectivity index (χ2v) is 23.9. The summed E-state index contributed by atoms with van der Waals surface area (Å²) in [4.78, 5) is 82.3. The van der Waals surface area contributed by atoms with E-state index >= 15 is 0 Å². The van der Waals surface area contributed by atoms with Gasteiger partial charge in [0, 0.05) is 90.0 Å². The van der Waals surface area contributed by atoms with E-state index in [4.69, 9.17) is 81.7 Å². The van der Waals surface area contributed by atoms with Gasteiger partial charge in [0.05, 0.1) is 101 Å². The number of halogens is 9. The number of nitrogens with one attached hydrogen (secondary N) is 4. The molecule has 106 heavy (non-hydrogen) atoms. The number of carbonyl (C=O) groups excluding carboxylic acids is 2.